The van der Waals surface area contributed by atoms with Crippen LogP contribution in [0.1, 0.15) is 44.9 Å². The monoisotopic (exact) mass is 521 g/mol. The van der Waals surface area contributed by atoms with Crippen LogP contribution in [0.15, 0.2) is 0 Å². The van der Waals surface area contributed by atoms with Crippen molar-refractivity contribution in [3.63, 3.8) is 0 Å². The van der Waals surface area contributed by atoms with Crippen molar-refractivity contribution in [3.8, 4) is 0 Å². The Balaban J connectivity index is 5.48. The highest BCUT2D eigenvalue weighted by Crippen LogP contribution is 2.07. The summed E-state index contributed by atoms with van der Waals surface area (Å²) in [6, 6.07) is -5.25. The van der Waals surface area contributed by atoms with Crippen LogP contribution in [0.25, 0.3) is 0 Å². The third-order valence-electron chi connectivity index (χ3n) is 4.82. The van der Waals surface area contributed by atoms with E-state index in [1.54, 1.807) is 6.26 Å². The van der Waals surface area contributed by atoms with Gasteiger partial charge < -0.3 is 42.7 Å². The van der Waals surface area contributed by atoms with Gasteiger partial charge in [-0.3, -0.25) is 24.0 Å². The molecule has 0 aliphatic rings. The summed E-state index contributed by atoms with van der Waals surface area (Å²) in [5.41, 5.74) is 11.3. The second-order valence-corrected chi connectivity index (χ2v) is 8.71. The lowest BCUT2D eigenvalue weighted by Gasteiger charge is -2.25. The van der Waals surface area contributed by atoms with E-state index in [0.717, 1.165) is 0 Å². The summed E-state index contributed by atoms with van der Waals surface area (Å²) >= 11 is 1.40. The van der Waals surface area contributed by atoms with Crippen LogP contribution in [-0.4, -0.2) is 93.7 Å². The van der Waals surface area contributed by atoms with Crippen LogP contribution < -0.4 is 27.4 Å². The molecular weight excluding hydrogens is 486 g/mol. The fraction of sp³-hybridized carbons (Fsp3) is 0.700. The zero-order valence-electron chi connectivity index (χ0n) is 19.5. The molecule has 0 aromatic heterocycles. The molecule has 0 aliphatic carbocycles. The Kier molecular flexibility index (Phi) is 16.1. The number of nitrogens with one attached hydrogen (secondary N) is 3. The van der Waals surface area contributed by atoms with E-state index in [9.17, 15) is 28.8 Å². The first-order valence-corrected chi connectivity index (χ1v) is 12.3. The number of carbonyl (C=O) groups is 6. The minimum absolute atomic E-state index is 0.179. The summed E-state index contributed by atoms with van der Waals surface area (Å²) in [6.07, 6.45) is 1.75. The lowest BCUT2D eigenvalue weighted by molar-refractivity contribution is -0.147. The highest BCUT2D eigenvalue weighted by atomic mass is 32.2. The molecule has 15 heteroatoms. The molecule has 10 N–H and O–H groups in total. The molecule has 0 saturated heterocycles. The maximum Gasteiger partial charge on any atom is 0.326 e. The third kappa shape index (κ3) is 14.2. The Morgan fingerprint density at radius 3 is 1.80 bits per heavy atom. The fourth-order valence-corrected chi connectivity index (χ4v) is 3.35. The van der Waals surface area contributed by atoms with E-state index in [2.05, 4.69) is 10.6 Å². The van der Waals surface area contributed by atoms with Gasteiger partial charge in [-0.05, 0) is 44.2 Å². The van der Waals surface area contributed by atoms with E-state index < -0.39 is 79.1 Å². The second-order valence-electron chi connectivity index (χ2n) is 7.72. The van der Waals surface area contributed by atoms with Gasteiger partial charge in [-0.1, -0.05) is 6.42 Å². The number of thioether (sulfide) groups is 1. The Labute approximate surface area is 206 Å². The van der Waals surface area contributed by atoms with Crippen molar-refractivity contribution in [3.05, 3.63) is 0 Å². The minimum atomic E-state index is -1.79. The molecule has 0 heterocycles. The number of nitrogens with two attached hydrogens (primary N) is 2. The normalized spacial score (nSPS) is 14.1. The van der Waals surface area contributed by atoms with Gasteiger partial charge in [0.2, 0.25) is 17.7 Å². The number of amides is 3. The molecule has 0 aromatic rings. The first-order valence-electron chi connectivity index (χ1n) is 10.9. The summed E-state index contributed by atoms with van der Waals surface area (Å²) < 4.78 is 0. The minimum Gasteiger partial charge on any atom is -0.481 e. The van der Waals surface area contributed by atoms with Crippen molar-refractivity contribution in [2.45, 2.75) is 69.1 Å². The van der Waals surface area contributed by atoms with Crippen molar-refractivity contribution >= 4 is 47.4 Å². The topological polar surface area (TPSA) is 251 Å². The molecule has 3 amide bonds. The van der Waals surface area contributed by atoms with Gasteiger partial charge in [0.25, 0.3) is 0 Å². The summed E-state index contributed by atoms with van der Waals surface area (Å²) in [5.74, 6) is -6.34. The molecule has 4 atom stereocenters. The molecule has 200 valence electrons. The van der Waals surface area contributed by atoms with Crippen LogP contribution in [0.5, 0.6) is 0 Å². The molecule has 0 saturated carbocycles. The Morgan fingerprint density at radius 1 is 0.771 bits per heavy atom. The maximum absolute atomic E-state index is 12.9. The largest absolute Gasteiger partial charge is 0.481 e. The van der Waals surface area contributed by atoms with Crippen molar-refractivity contribution in [1.82, 2.24) is 16.0 Å². The van der Waals surface area contributed by atoms with Crippen LogP contribution in [0, 0.1) is 0 Å². The Hall–Kier alpha value is -2.91. The summed E-state index contributed by atoms with van der Waals surface area (Å²) in [7, 11) is 0. The van der Waals surface area contributed by atoms with Gasteiger partial charge in [0, 0.05) is 6.42 Å². The number of rotatable bonds is 19. The number of hydrogen-bond acceptors (Lipinski definition) is 9. The average molecular weight is 522 g/mol. The van der Waals surface area contributed by atoms with Crippen LogP contribution in [0.4, 0.5) is 0 Å². The fourth-order valence-electron chi connectivity index (χ4n) is 2.88. The predicted molar refractivity (Wildman–Crippen MR) is 126 cm³/mol. The standard InChI is InChI=1S/C20H35N5O9S/c1-35-9-7-13(23-17(30)11(22)4-2-3-8-21)19(32)24-12(5-6-15(26)27)18(31)25-14(20(33)34)10-16(28)29/h11-14H,2-10,21-22H2,1H3,(H,23,30)(H,24,32)(H,25,31)(H,26,27)(H,28,29)(H,33,34). The zero-order chi connectivity index (χ0) is 27.0. The number of unbranched alkanes of at least 4 members (excludes halogenated alkanes) is 1. The zero-order valence-corrected chi connectivity index (χ0v) is 20.3. The molecular formula is C20H35N5O9S. The van der Waals surface area contributed by atoms with Gasteiger partial charge in [0.1, 0.15) is 18.1 Å². The van der Waals surface area contributed by atoms with Crippen LogP contribution in [0.2, 0.25) is 0 Å². The molecule has 35 heavy (non-hydrogen) atoms. The quantitative estimate of drug-likeness (QED) is 0.0865. The second kappa shape index (κ2) is 17.5. The van der Waals surface area contributed by atoms with Crippen molar-refractivity contribution < 1.29 is 44.1 Å². The molecule has 0 aliphatic heterocycles. The molecule has 4 unspecified atom stereocenters. The summed E-state index contributed by atoms with van der Waals surface area (Å²) in [4.78, 5) is 71.1. The Bertz CT molecular complexity index is 752. The van der Waals surface area contributed by atoms with Gasteiger partial charge in [0.05, 0.1) is 12.5 Å². The first kappa shape index (κ1) is 32.1. The van der Waals surface area contributed by atoms with Crippen LogP contribution in [-0.2, 0) is 28.8 Å². The Morgan fingerprint density at radius 2 is 1.31 bits per heavy atom. The van der Waals surface area contributed by atoms with E-state index >= 15 is 0 Å². The van der Waals surface area contributed by atoms with Crippen LogP contribution in [0.3, 0.4) is 0 Å². The van der Waals surface area contributed by atoms with Crippen molar-refractivity contribution in [2.24, 2.45) is 11.5 Å². The number of carbonyl (C=O) groups excluding carboxylic acids is 3. The number of hydrogen-bond donors (Lipinski definition) is 8. The molecule has 0 rings (SSSR count). The molecule has 0 radical (unpaired) electrons. The van der Waals surface area contributed by atoms with Gasteiger partial charge in [-0.15, -0.1) is 0 Å². The third-order valence-corrected chi connectivity index (χ3v) is 5.47. The van der Waals surface area contributed by atoms with Gasteiger partial charge in [0.15, 0.2) is 0 Å². The SMILES string of the molecule is CSCCC(NC(=O)C(N)CCCCN)C(=O)NC(CCC(=O)O)C(=O)NC(CC(=O)O)C(=O)O. The molecule has 0 spiro atoms. The number of carboxylic acid groups (broad SMARTS) is 3. The maximum atomic E-state index is 12.9. The van der Waals surface area contributed by atoms with Crippen molar-refractivity contribution in [1.29, 1.82) is 0 Å². The van der Waals surface area contributed by atoms with Gasteiger partial charge in [-0.25, -0.2) is 4.79 Å². The average Bonchev–Trinajstić information content (AvgIpc) is 2.77. The molecule has 0 fully saturated rings. The lowest BCUT2D eigenvalue weighted by atomic mass is 10.1. The lowest BCUT2D eigenvalue weighted by Crippen LogP contribution is -2.57. The predicted octanol–water partition coefficient (Wildman–Crippen LogP) is -1.93. The van der Waals surface area contributed by atoms with Gasteiger partial charge >= 0.3 is 17.9 Å². The molecule has 0 aromatic carbocycles. The van der Waals surface area contributed by atoms with E-state index in [4.69, 9.17) is 26.8 Å². The molecule has 14 nitrogen and oxygen atoms in total. The first-order chi connectivity index (χ1) is 16.4. The highest BCUT2D eigenvalue weighted by Gasteiger charge is 2.31. The number of carboxylic acids is 3. The highest BCUT2D eigenvalue weighted by molar-refractivity contribution is 7.98. The molecule has 0 bridgehead atoms. The van der Waals surface area contributed by atoms with E-state index in [1.165, 1.54) is 11.8 Å². The van der Waals surface area contributed by atoms with E-state index in [-0.39, 0.29) is 6.42 Å². The summed E-state index contributed by atoms with van der Waals surface area (Å²) in [5, 5.41) is 33.8. The smallest absolute Gasteiger partial charge is 0.326 e. The van der Waals surface area contributed by atoms with Crippen molar-refractivity contribution in [2.75, 3.05) is 18.6 Å². The van der Waals surface area contributed by atoms with E-state index in [0.29, 0.717) is 31.6 Å². The van der Waals surface area contributed by atoms with E-state index in [1.807, 2.05) is 5.32 Å². The van der Waals surface area contributed by atoms with Gasteiger partial charge in [-0.2, -0.15) is 11.8 Å². The van der Waals surface area contributed by atoms with Crippen LogP contribution >= 0.6 is 11.8 Å². The number of aliphatic carboxylic acids is 3. The summed E-state index contributed by atoms with van der Waals surface area (Å²) in [6.45, 7) is 0.447.